The number of anilines is 2. The van der Waals surface area contributed by atoms with Crippen LogP contribution in [0.4, 0.5) is 11.5 Å². The molecule has 4 heteroatoms. The predicted molar refractivity (Wildman–Crippen MR) is 62.8 cm³/mol. The van der Waals surface area contributed by atoms with Crippen molar-refractivity contribution in [1.29, 1.82) is 0 Å². The van der Waals surface area contributed by atoms with Gasteiger partial charge in [0.2, 0.25) is 0 Å². The molecule has 84 valence electrons. The molecule has 4 nitrogen and oxygen atoms in total. The minimum atomic E-state index is 0.200. The molecule has 0 saturated heterocycles. The highest BCUT2D eigenvalue weighted by molar-refractivity contribution is 5.50. The number of nitrogens with two attached hydrogens (primary N) is 1. The van der Waals surface area contributed by atoms with Crippen LogP contribution in [-0.2, 0) is 0 Å². The summed E-state index contributed by atoms with van der Waals surface area (Å²) in [6.07, 6.45) is 2.45. The number of nitrogen functional groups attached to an aromatic ring is 1. The fraction of sp³-hybridized carbons (Fsp3) is 0.545. The number of aliphatic hydroxyl groups is 1. The van der Waals surface area contributed by atoms with E-state index in [0.717, 1.165) is 24.5 Å². The van der Waals surface area contributed by atoms with E-state index in [-0.39, 0.29) is 6.61 Å². The van der Waals surface area contributed by atoms with Gasteiger partial charge >= 0.3 is 0 Å². The Bertz CT molecular complexity index is 302. The minimum Gasteiger partial charge on any atom is -0.399 e. The van der Waals surface area contributed by atoms with Crippen molar-refractivity contribution >= 4 is 11.5 Å². The number of aliphatic hydroxyl groups excluding tert-OH is 1. The quantitative estimate of drug-likeness (QED) is 0.766. The zero-order valence-electron chi connectivity index (χ0n) is 9.35. The van der Waals surface area contributed by atoms with E-state index in [1.54, 1.807) is 12.3 Å². The smallest absolute Gasteiger partial charge is 0.130 e. The van der Waals surface area contributed by atoms with Gasteiger partial charge in [0.15, 0.2) is 0 Å². The number of pyridine rings is 1. The summed E-state index contributed by atoms with van der Waals surface area (Å²) in [7, 11) is 0. The third-order valence-electron chi connectivity index (χ3n) is 2.24. The maximum Gasteiger partial charge on any atom is 0.130 e. The second-order valence-corrected chi connectivity index (χ2v) is 3.81. The molecule has 0 fully saturated rings. The third kappa shape index (κ3) is 3.40. The third-order valence-corrected chi connectivity index (χ3v) is 2.24. The van der Waals surface area contributed by atoms with Crippen LogP contribution in [-0.4, -0.2) is 29.3 Å². The molecule has 0 bridgehead atoms. The Kier molecular flexibility index (Phi) is 4.37. The van der Waals surface area contributed by atoms with Gasteiger partial charge in [-0.15, -0.1) is 0 Å². The molecule has 1 aromatic rings. The topological polar surface area (TPSA) is 62.4 Å². The Balaban J connectivity index is 2.79. The van der Waals surface area contributed by atoms with Crippen molar-refractivity contribution in [1.82, 2.24) is 4.98 Å². The Labute approximate surface area is 90.7 Å². The van der Waals surface area contributed by atoms with Gasteiger partial charge in [-0.05, 0) is 26.3 Å². The Morgan fingerprint density at radius 3 is 2.80 bits per heavy atom. The predicted octanol–water partition coefficient (Wildman–Crippen LogP) is 1.26. The van der Waals surface area contributed by atoms with Gasteiger partial charge < -0.3 is 15.7 Å². The van der Waals surface area contributed by atoms with E-state index in [4.69, 9.17) is 10.8 Å². The van der Waals surface area contributed by atoms with Crippen molar-refractivity contribution in [3.05, 3.63) is 18.3 Å². The van der Waals surface area contributed by atoms with Crippen molar-refractivity contribution in [3.63, 3.8) is 0 Å². The standard InChI is InChI=1S/C11H19N3O/c1-9(2)14(6-3-7-15)11-8-10(12)4-5-13-11/h4-5,8-9,15H,3,6-7H2,1-2H3,(H2,12,13). The van der Waals surface area contributed by atoms with Gasteiger partial charge in [-0.25, -0.2) is 4.98 Å². The number of hydrogen-bond donors (Lipinski definition) is 2. The Morgan fingerprint density at radius 1 is 1.53 bits per heavy atom. The number of rotatable bonds is 5. The highest BCUT2D eigenvalue weighted by Crippen LogP contribution is 2.16. The van der Waals surface area contributed by atoms with E-state index < -0.39 is 0 Å². The lowest BCUT2D eigenvalue weighted by Crippen LogP contribution is -2.32. The van der Waals surface area contributed by atoms with E-state index in [1.165, 1.54) is 0 Å². The summed E-state index contributed by atoms with van der Waals surface area (Å²) >= 11 is 0. The van der Waals surface area contributed by atoms with Crippen molar-refractivity contribution in [3.8, 4) is 0 Å². The first-order chi connectivity index (χ1) is 7.15. The number of nitrogens with zero attached hydrogens (tertiary/aromatic N) is 2. The van der Waals surface area contributed by atoms with E-state index in [9.17, 15) is 0 Å². The Hall–Kier alpha value is -1.29. The molecule has 0 aliphatic rings. The van der Waals surface area contributed by atoms with Crippen LogP contribution in [0.5, 0.6) is 0 Å². The molecule has 0 atom stereocenters. The van der Waals surface area contributed by atoms with Crippen LogP contribution >= 0.6 is 0 Å². The molecular weight excluding hydrogens is 190 g/mol. The summed E-state index contributed by atoms with van der Waals surface area (Å²) in [6.45, 7) is 5.20. The fourth-order valence-electron chi connectivity index (χ4n) is 1.47. The second kappa shape index (κ2) is 5.56. The molecule has 0 spiro atoms. The van der Waals surface area contributed by atoms with E-state index in [1.807, 2.05) is 6.07 Å². The second-order valence-electron chi connectivity index (χ2n) is 3.81. The Morgan fingerprint density at radius 2 is 2.27 bits per heavy atom. The van der Waals surface area contributed by atoms with Gasteiger partial charge in [0.25, 0.3) is 0 Å². The van der Waals surface area contributed by atoms with Gasteiger partial charge in [0.05, 0.1) is 0 Å². The average molecular weight is 209 g/mol. The first-order valence-corrected chi connectivity index (χ1v) is 5.24. The van der Waals surface area contributed by atoms with E-state index >= 15 is 0 Å². The highest BCUT2D eigenvalue weighted by atomic mass is 16.3. The van der Waals surface area contributed by atoms with E-state index in [2.05, 4.69) is 23.7 Å². The molecule has 0 radical (unpaired) electrons. The molecular formula is C11H19N3O. The summed E-state index contributed by atoms with van der Waals surface area (Å²) in [5, 5.41) is 8.83. The summed E-state index contributed by atoms with van der Waals surface area (Å²) in [5.41, 5.74) is 6.43. The van der Waals surface area contributed by atoms with Crippen LogP contribution in [0.2, 0.25) is 0 Å². The highest BCUT2D eigenvalue weighted by Gasteiger charge is 2.11. The normalized spacial score (nSPS) is 10.7. The van der Waals surface area contributed by atoms with Crippen molar-refractivity contribution < 1.29 is 5.11 Å². The monoisotopic (exact) mass is 209 g/mol. The van der Waals surface area contributed by atoms with Crippen LogP contribution in [0.1, 0.15) is 20.3 Å². The van der Waals surface area contributed by atoms with Crippen LogP contribution < -0.4 is 10.6 Å². The summed E-state index contributed by atoms with van der Waals surface area (Å²) in [6, 6.07) is 3.98. The molecule has 0 amide bonds. The summed E-state index contributed by atoms with van der Waals surface area (Å²) in [5.74, 6) is 0.874. The van der Waals surface area contributed by atoms with Crippen LogP contribution in [0.3, 0.4) is 0 Å². The van der Waals surface area contributed by atoms with Gasteiger partial charge in [0.1, 0.15) is 5.82 Å². The zero-order valence-corrected chi connectivity index (χ0v) is 9.35. The molecule has 0 aliphatic heterocycles. The van der Waals surface area contributed by atoms with Crippen LogP contribution in [0.25, 0.3) is 0 Å². The van der Waals surface area contributed by atoms with Crippen molar-refractivity contribution in [2.75, 3.05) is 23.8 Å². The average Bonchev–Trinajstić information content (AvgIpc) is 2.18. The molecule has 0 aliphatic carbocycles. The molecule has 1 heterocycles. The molecule has 1 aromatic heterocycles. The number of hydrogen-bond acceptors (Lipinski definition) is 4. The first kappa shape index (κ1) is 11.8. The lowest BCUT2D eigenvalue weighted by molar-refractivity contribution is 0.288. The molecule has 3 N–H and O–H groups in total. The van der Waals surface area contributed by atoms with Gasteiger partial charge in [-0.1, -0.05) is 0 Å². The molecule has 0 unspecified atom stereocenters. The minimum absolute atomic E-state index is 0.200. The molecule has 0 saturated carbocycles. The largest absolute Gasteiger partial charge is 0.399 e. The van der Waals surface area contributed by atoms with Crippen molar-refractivity contribution in [2.24, 2.45) is 0 Å². The van der Waals surface area contributed by atoms with Crippen LogP contribution in [0.15, 0.2) is 18.3 Å². The fourth-order valence-corrected chi connectivity index (χ4v) is 1.47. The molecule has 15 heavy (non-hydrogen) atoms. The lowest BCUT2D eigenvalue weighted by Gasteiger charge is -2.27. The van der Waals surface area contributed by atoms with Crippen LogP contribution in [0, 0.1) is 0 Å². The maximum absolute atomic E-state index is 8.83. The van der Waals surface area contributed by atoms with E-state index in [0.29, 0.717) is 6.04 Å². The summed E-state index contributed by atoms with van der Waals surface area (Å²) in [4.78, 5) is 6.41. The summed E-state index contributed by atoms with van der Waals surface area (Å²) < 4.78 is 0. The zero-order chi connectivity index (χ0) is 11.3. The maximum atomic E-state index is 8.83. The molecule has 0 aromatic carbocycles. The van der Waals surface area contributed by atoms with Gasteiger partial charge in [-0.2, -0.15) is 0 Å². The first-order valence-electron chi connectivity index (χ1n) is 5.24. The van der Waals surface area contributed by atoms with Crippen molar-refractivity contribution in [2.45, 2.75) is 26.3 Å². The van der Waals surface area contributed by atoms with Gasteiger partial charge in [0, 0.05) is 37.1 Å². The SMILES string of the molecule is CC(C)N(CCCO)c1cc(N)ccn1. The van der Waals surface area contributed by atoms with Gasteiger partial charge in [-0.3, -0.25) is 0 Å². The number of aromatic nitrogens is 1. The molecule has 1 rings (SSSR count). The lowest BCUT2D eigenvalue weighted by atomic mass is 10.2.